The van der Waals surface area contributed by atoms with Crippen LogP contribution in [0.3, 0.4) is 0 Å². The van der Waals surface area contributed by atoms with Gasteiger partial charge in [-0.1, -0.05) is 18.2 Å². The summed E-state index contributed by atoms with van der Waals surface area (Å²) in [6, 6.07) is 13.9. The Labute approximate surface area is 166 Å². The molecule has 0 fully saturated rings. The molecule has 0 saturated heterocycles. The number of imidazole rings is 1. The first kappa shape index (κ1) is 17.1. The zero-order chi connectivity index (χ0) is 19.3. The van der Waals surface area contributed by atoms with Crippen molar-refractivity contribution < 1.29 is 4.79 Å². The highest BCUT2D eigenvalue weighted by atomic mass is 32.2. The molecule has 6 nitrogen and oxygen atoms in total. The lowest BCUT2D eigenvalue weighted by molar-refractivity contribution is 0.102. The van der Waals surface area contributed by atoms with Gasteiger partial charge in [0.15, 0.2) is 0 Å². The first-order valence-electron chi connectivity index (χ1n) is 9.12. The minimum Gasteiger partial charge on any atom is -0.305 e. The van der Waals surface area contributed by atoms with E-state index in [0.717, 1.165) is 45.5 Å². The highest BCUT2D eigenvalue weighted by Crippen LogP contribution is 2.36. The van der Waals surface area contributed by atoms with Gasteiger partial charge in [0.1, 0.15) is 17.2 Å². The number of hydrogen-bond acceptors (Lipinski definition) is 4. The number of carbonyl (C=O) groups is 1. The maximum absolute atomic E-state index is 13.2. The number of carbonyl (C=O) groups excluding carboxylic acids is 1. The average molecular weight is 389 g/mol. The van der Waals surface area contributed by atoms with Crippen molar-refractivity contribution in [3.8, 4) is 5.69 Å². The number of thioether (sulfide) groups is 1. The summed E-state index contributed by atoms with van der Waals surface area (Å²) in [5.41, 5.74) is 6.26. The van der Waals surface area contributed by atoms with Crippen molar-refractivity contribution in [3.63, 3.8) is 0 Å². The van der Waals surface area contributed by atoms with Crippen molar-refractivity contribution in [2.45, 2.75) is 25.4 Å². The lowest BCUT2D eigenvalue weighted by Crippen LogP contribution is -2.19. The van der Waals surface area contributed by atoms with Crippen LogP contribution in [0.15, 0.2) is 48.7 Å². The molecule has 1 aliphatic heterocycles. The Bertz CT molecular complexity index is 1220. The molecule has 1 aromatic carbocycles. The minimum absolute atomic E-state index is 0.176. The van der Waals surface area contributed by atoms with Crippen LogP contribution >= 0.6 is 11.8 Å². The number of nitrogens with one attached hydrogen (secondary N) is 1. The predicted octanol–water partition coefficient (Wildman–Crippen LogP) is 4.14. The van der Waals surface area contributed by atoms with Gasteiger partial charge in [0.25, 0.3) is 5.91 Å². The Morgan fingerprint density at radius 2 is 2.04 bits per heavy atom. The van der Waals surface area contributed by atoms with Gasteiger partial charge in [-0.2, -0.15) is 16.9 Å². The van der Waals surface area contributed by atoms with Crippen molar-refractivity contribution in [2.75, 3.05) is 5.32 Å². The number of benzene rings is 1. The van der Waals surface area contributed by atoms with E-state index in [2.05, 4.69) is 29.4 Å². The van der Waals surface area contributed by atoms with Gasteiger partial charge in [-0.05, 0) is 43.7 Å². The highest BCUT2D eigenvalue weighted by Gasteiger charge is 2.26. The van der Waals surface area contributed by atoms with Crippen LogP contribution < -0.4 is 5.32 Å². The van der Waals surface area contributed by atoms with Crippen LogP contribution in [0.25, 0.3) is 11.3 Å². The van der Waals surface area contributed by atoms with E-state index < -0.39 is 0 Å². The Kier molecular flexibility index (Phi) is 3.98. The predicted molar refractivity (Wildman–Crippen MR) is 111 cm³/mol. The third kappa shape index (κ3) is 2.70. The number of hydrogen-bond donors (Lipinski definition) is 1. The fourth-order valence-corrected chi connectivity index (χ4v) is 4.68. The van der Waals surface area contributed by atoms with Gasteiger partial charge < -0.3 is 5.32 Å². The summed E-state index contributed by atoms with van der Waals surface area (Å²) in [5, 5.41) is 7.91. The van der Waals surface area contributed by atoms with Gasteiger partial charge >= 0.3 is 0 Å². The molecule has 1 aliphatic rings. The Balaban J connectivity index is 1.60. The third-order valence-corrected chi connectivity index (χ3v) is 5.92. The maximum Gasteiger partial charge on any atom is 0.275 e. The minimum atomic E-state index is -0.176. The summed E-state index contributed by atoms with van der Waals surface area (Å²) in [7, 11) is 0. The largest absolute Gasteiger partial charge is 0.305 e. The second-order valence-corrected chi connectivity index (χ2v) is 7.93. The summed E-state index contributed by atoms with van der Waals surface area (Å²) in [5.74, 6) is 2.29. The molecular formula is C21H19N5OS. The van der Waals surface area contributed by atoms with E-state index in [1.165, 1.54) is 0 Å². The van der Waals surface area contributed by atoms with E-state index in [1.54, 1.807) is 0 Å². The molecule has 140 valence electrons. The number of fused-ring (bicyclic) bond motifs is 2. The first-order chi connectivity index (χ1) is 13.6. The number of aryl methyl sites for hydroxylation is 2. The van der Waals surface area contributed by atoms with Gasteiger partial charge in [-0.25, -0.2) is 9.67 Å². The number of amides is 1. The summed E-state index contributed by atoms with van der Waals surface area (Å²) in [4.78, 5) is 17.7. The summed E-state index contributed by atoms with van der Waals surface area (Å²) < 4.78 is 3.68. The van der Waals surface area contributed by atoms with Crippen molar-refractivity contribution in [1.82, 2.24) is 19.2 Å². The second-order valence-electron chi connectivity index (χ2n) is 6.95. The van der Waals surface area contributed by atoms with Crippen molar-refractivity contribution in [2.24, 2.45) is 0 Å². The molecule has 0 atom stereocenters. The summed E-state index contributed by atoms with van der Waals surface area (Å²) >= 11 is 1.82. The number of anilines is 1. The molecule has 0 aliphatic carbocycles. The standard InChI is InChI=1S/C21H19N5OS/c1-13-6-5-7-15(10-13)26-20(16-11-28-12-17(16)24-26)23-21(27)19-14(2)22-18-8-3-4-9-25(18)19/h3-10H,11-12H2,1-2H3,(H,23,27). The Hall–Kier alpha value is -3.06. The van der Waals surface area contributed by atoms with E-state index in [0.29, 0.717) is 11.4 Å². The van der Waals surface area contributed by atoms with Gasteiger partial charge in [-0.15, -0.1) is 0 Å². The van der Waals surface area contributed by atoms with Crippen LogP contribution in [0.1, 0.15) is 33.0 Å². The Morgan fingerprint density at radius 3 is 2.89 bits per heavy atom. The zero-order valence-corrected chi connectivity index (χ0v) is 16.5. The van der Waals surface area contributed by atoms with Crippen molar-refractivity contribution in [1.29, 1.82) is 0 Å². The van der Waals surface area contributed by atoms with E-state index in [4.69, 9.17) is 5.10 Å². The van der Waals surface area contributed by atoms with E-state index in [1.807, 2.05) is 64.3 Å². The lowest BCUT2D eigenvalue weighted by Gasteiger charge is -2.12. The Morgan fingerprint density at radius 1 is 1.14 bits per heavy atom. The molecule has 0 unspecified atom stereocenters. The molecule has 0 saturated carbocycles. The van der Waals surface area contributed by atoms with E-state index >= 15 is 0 Å². The number of aromatic nitrogens is 4. The molecule has 0 bridgehead atoms. The van der Waals surface area contributed by atoms with Crippen molar-refractivity contribution >= 4 is 29.1 Å². The smallest absolute Gasteiger partial charge is 0.275 e. The maximum atomic E-state index is 13.2. The summed E-state index contributed by atoms with van der Waals surface area (Å²) in [6.45, 7) is 3.91. The van der Waals surface area contributed by atoms with Crippen LogP contribution in [0, 0.1) is 13.8 Å². The molecule has 1 amide bonds. The molecule has 0 spiro atoms. The molecule has 4 aromatic rings. The van der Waals surface area contributed by atoms with Crippen LogP contribution in [0.2, 0.25) is 0 Å². The quantitative estimate of drug-likeness (QED) is 0.572. The van der Waals surface area contributed by atoms with Gasteiger partial charge in [-0.3, -0.25) is 9.20 Å². The number of nitrogens with zero attached hydrogens (tertiary/aromatic N) is 4. The molecule has 4 heterocycles. The topological polar surface area (TPSA) is 64.2 Å². The van der Waals surface area contributed by atoms with Gasteiger partial charge in [0.05, 0.1) is 17.1 Å². The average Bonchev–Trinajstić information content (AvgIpc) is 3.35. The normalized spacial score (nSPS) is 13.1. The SMILES string of the molecule is Cc1cccc(-n2nc3c(c2NC(=O)c2c(C)nc4ccccn24)CSC3)c1. The number of rotatable bonds is 3. The molecule has 5 rings (SSSR count). The van der Waals surface area contributed by atoms with Crippen LogP contribution in [-0.2, 0) is 11.5 Å². The van der Waals surface area contributed by atoms with Crippen LogP contribution in [0.5, 0.6) is 0 Å². The molecule has 7 heteroatoms. The zero-order valence-electron chi connectivity index (χ0n) is 15.6. The monoisotopic (exact) mass is 389 g/mol. The molecule has 0 radical (unpaired) electrons. The second kappa shape index (κ2) is 6.53. The fourth-order valence-electron chi connectivity index (χ4n) is 3.64. The lowest BCUT2D eigenvalue weighted by atomic mass is 10.2. The van der Waals surface area contributed by atoms with E-state index in [9.17, 15) is 4.79 Å². The highest BCUT2D eigenvalue weighted by molar-refractivity contribution is 7.98. The van der Waals surface area contributed by atoms with Crippen LogP contribution in [-0.4, -0.2) is 25.1 Å². The third-order valence-electron chi connectivity index (χ3n) is 4.95. The fraction of sp³-hybridized carbons (Fsp3) is 0.190. The molecule has 28 heavy (non-hydrogen) atoms. The van der Waals surface area contributed by atoms with Crippen molar-refractivity contribution in [3.05, 3.63) is 76.9 Å². The number of pyridine rings is 1. The molecular weight excluding hydrogens is 370 g/mol. The van der Waals surface area contributed by atoms with Gasteiger partial charge in [0, 0.05) is 23.3 Å². The van der Waals surface area contributed by atoms with Gasteiger partial charge in [0.2, 0.25) is 0 Å². The van der Waals surface area contributed by atoms with Crippen LogP contribution in [0.4, 0.5) is 5.82 Å². The first-order valence-corrected chi connectivity index (χ1v) is 10.3. The molecule has 1 N–H and O–H groups in total. The van der Waals surface area contributed by atoms with E-state index in [-0.39, 0.29) is 5.91 Å². The summed E-state index contributed by atoms with van der Waals surface area (Å²) in [6.07, 6.45) is 1.86. The molecule has 3 aromatic heterocycles.